The van der Waals surface area contributed by atoms with Gasteiger partial charge in [-0.05, 0) is 48.0 Å². The van der Waals surface area contributed by atoms with E-state index in [2.05, 4.69) is 5.32 Å². The normalized spacial score (nSPS) is 11.1. The predicted molar refractivity (Wildman–Crippen MR) is 111 cm³/mol. The minimum atomic E-state index is -3.76. The number of nitrogens with zero attached hydrogens (tertiary/aromatic N) is 1. The van der Waals surface area contributed by atoms with E-state index in [1.54, 1.807) is 24.3 Å². The van der Waals surface area contributed by atoms with E-state index in [1.165, 1.54) is 31.3 Å². The molecule has 0 aromatic heterocycles. The van der Waals surface area contributed by atoms with E-state index in [1.807, 2.05) is 30.3 Å². The molecule has 0 bridgehead atoms. The molecular formula is C21H19ClN2O3S. The fraction of sp³-hybridized carbons (Fsp3) is 0.0952. The average Bonchev–Trinajstić information content (AvgIpc) is 2.72. The van der Waals surface area contributed by atoms with E-state index >= 15 is 0 Å². The van der Waals surface area contributed by atoms with Gasteiger partial charge in [-0.3, -0.25) is 9.10 Å². The molecule has 0 aliphatic rings. The summed E-state index contributed by atoms with van der Waals surface area (Å²) in [5.41, 5.74) is 1.75. The highest BCUT2D eigenvalue weighted by atomic mass is 35.5. The second-order valence-electron chi connectivity index (χ2n) is 6.15. The summed E-state index contributed by atoms with van der Waals surface area (Å²) < 4.78 is 26.8. The van der Waals surface area contributed by atoms with Crippen molar-refractivity contribution in [3.63, 3.8) is 0 Å². The van der Waals surface area contributed by atoms with Gasteiger partial charge in [0.25, 0.3) is 15.9 Å². The number of rotatable bonds is 6. The van der Waals surface area contributed by atoms with Gasteiger partial charge in [-0.25, -0.2) is 8.42 Å². The van der Waals surface area contributed by atoms with Gasteiger partial charge in [-0.1, -0.05) is 48.0 Å². The predicted octanol–water partition coefficient (Wildman–Crippen LogP) is 4.10. The van der Waals surface area contributed by atoms with Crippen molar-refractivity contribution < 1.29 is 13.2 Å². The molecule has 0 aliphatic heterocycles. The molecule has 28 heavy (non-hydrogen) atoms. The monoisotopic (exact) mass is 414 g/mol. The van der Waals surface area contributed by atoms with Gasteiger partial charge >= 0.3 is 0 Å². The van der Waals surface area contributed by atoms with Crippen molar-refractivity contribution >= 4 is 33.2 Å². The first-order valence-corrected chi connectivity index (χ1v) is 10.4. The maximum Gasteiger partial charge on any atom is 0.264 e. The van der Waals surface area contributed by atoms with Crippen molar-refractivity contribution in [2.24, 2.45) is 0 Å². The third-order valence-corrected chi connectivity index (χ3v) is 6.29. The summed E-state index contributed by atoms with van der Waals surface area (Å²) in [5, 5.41) is 3.29. The van der Waals surface area contributed by atoms with Gasteiger partial charge in [0, 0.05) is 24.2 Å². The SMILES string of the molecule is CN(c1cccc(C(=O)NCc2ccccc2)c1)S(=O)(=O)c1ccc(Cl)cc1. The maximum atomic E-state index is 12.8. The second kappa shape index (κ2) is 8.46. The second-order valence-corrected chi connectivity index (χ2v) is 8.55. The number of carbonyl (C=O) groups is 1. The van der Waals surface area contributed by atoms with Crippen LogP contribution in [0.5, 0.6) is 0 Å². The Morgan fingerprint density at radius 2 is 1.64 bits per heavy atom. The zero-order chi connectivity index (χ0) is 20.1. The van der Waals surface area contributed by atoms with Crippen molar-refractivity contribution in [1.29, 1.82) is 0 Å². The Labute approximate surface area is 169 Å². The Morgan fingerprint density at radius 3 is 2.32 bits per heavy atom. The van der Waals surface area contributed by atoms with Crippen LogP contribution in [0.15, 0.2) is 83.8 Å². The zero-order valence-electron chi connectivity index (χ0n) is 15.2. The molecule has 0 saturated heterocycles. The van der Waals surface area contributed by atoms with E-state index in [4.69, 9.17) is 11.6 Å². The van der Waals surface area contributed by atoms with E-state index in [0.717, 1.165) is 9.87 Å². The summed E-state index contributed by atoms with van der Waals surface area (Å²) in [6.07, 6.45) is 0. The minimum Gasteiger partial charge on any atom is -0.348 e. The molecule has 0 heterocycles. The number of hydrogen-bond acceptors (Lipinski definition) is 3. The molecule has 5 nitrogen and oxygen atoms in total. The standard InChI is InChI=1S/C21H19ClN2O3S/c1-24(28(26,27)20-12-10-18(22)11-13-20)19-9-5-8-17(14-19)21(25)23-15-16-6-3-2-4-7-16/h2-14H,15H2,1H3,(H,23,25). The lowest BCUT2D eigenvalue weighted by atomic mass is 10.1. The molecule has 0 fully saturated rings. The summed E-state index contributed by atoms with van der Waals surface area (Å²) in [5.74, 6) is -0.275. The Morgan fingerprint density at radius 1 is 0.964 bits per heavy atom. The molecule has 1 N–H and O–H groups in total. The van der Waals surface area contributed by atoms with Crippen molar-refractivity contribution in [3.05, 3.63) is 95.0 Å². The summed E-state index contributed by atoms with van der Waals surface area (Å²) in [7, 11) is -2.31. The van der Waals surface area contributed by atoms with Crippen molar-refractivity contribution in [3.8, 4) is 0 Å². The van der Waals surface area contributed by atoms with E-state index in [-0.39, 0.29) is 10.8 Å². The van der Waals surface area contributed by atoms with Crippen LogP contribution in [0.2, 0.25) is 5.02 Å². The first-order chi connectivity index (χ1) is 13.4. The fourth-order valence-corrected chi connectivity index (χ4v) is 3.94. The number of hydrogen-bond donors (Lipinski definition) is 1. The van der Waals surface area contributed by atoms with Gasteiger partial charge in [-0.2, -0.15) is 0 Å². The maximum absolute atomic E-state index is 12.8. The van der Waals surface area contributed by atoms with E-state index < -0.39 is 10.0 Å². The quantitative estimate of drug-likeness (QED) is 0.660. The first kappa shape index (κ1) is 19.9. The Bertz CT molecular complexity index is 1070. The minimum absolute atomic E-state index is 0.123. The molecule has 3 rings (SSSR count). The van der Waals surface area contributed by atoms with Crippen LogP contribution in [0.4, 0.5) is 5.69 Å². The lowest BCUT2D eigenvalue weighted by Crippen LogP contribution is -2.27. The molecule has 0 unspecified atom stereocenters. The molecule has 7 heteroatoms. The number of sulfonamides is 1. The summed E-state index contributed by atoms with van der Waals surface area (Å²) in [4.78, 5) is 12.6. The zero-order valence-corrected chi connectivity index (χ0v) is 16.7. The summed E-state index contributed by atoms with van der Waals surface area (Å²) in [6, 6.07) is 22.0. The molecule has 3 aromatic rings. The van der Waals surface area contributed by atoms with E-state index in [0.29, 0.717) is 22.8 Å². The molecule has 3 aromatic carbocycles. The number of amides is 1. The van der Waals surface area contributed by atoms with Gasteiger partial charge in [0.05, 0.1) is 10.6 Å². The number of benzene rings is 3. The third kappa shape index (κ3) is 4.52. The van der Waals surface area contributed by atoms with Gasteiger partial charge in [0.15, 0.2) is 0 Å². The lowest BCUT2D eigenvalue weighted by molar-refractivity contribution is 0.0951. The Balaban J connectivity index is 1.78. The van der Waals surface area contributed by atoms with Gasteiger partial charge in [0.2, 0.25) is 0 Å². The lowest BCUT2D eigenvalue weighted by Gasteiger charge is -2.20. The van der Waals surface area contributed by atoms with Crippen LogP contribution < -0.4 is 9.62 Å². The molecule has 1 amide bonds. The molecule has 0 radical (unpaired) electrons. The fourth-order valence-electron chi connectivity index (χ4n) is 2.63. The topological polar surface area (TPSA) is 66.5 Å². The van der Waals surface area contributed by atoms with Crippen LogP contribution in [-0.4, -0.2) is 21.4 Å². The van der Waals surface area contributed by atoms with Crippen molar-refractivity contribution in [2.45, 2.75) is 11.4 Å². The molecule has 0 atom stereocenters. The van der Waals surface area contributed by atoms with Crippen LogP contribution in [0.25, 0.3) is 0 Å². The molecule has 0 aliphatic carbocycles. The van der Waals surface area contributed by atoms with Crippen LogP contribution in [-0.2, 0) is 16.6 Å². The van der Waals surface area contributed by atoms with Crippen LogP contribution in [0.3, 0.4) is 0 Å². The highest BCUT2D eigenvalue weighted by Gasteiger charge is 2.22. The summed E-state index contributed by atoms with van der Waals surface area (Å²) in [6.45, 7) is 0.392. The highest BCUT2D eigenvalue weighted by Crippen LogP contribution is 2.24. The highest BCUT2D eigenvalue weighted by molar-refractivity contribution is 7.92. The largest absolute Gasteiger partial charge is 0.348 e. The third-order valence-electron chi connectivity index (χ3n) is 4.24. The number of halogens is 1. The number of carbonyl (C=O) groups excluding carboxylic acids is 1. The Hall–Kier alpha value is -2.83. The average molecular weight is 415 g/mol. The van der Waals surface area contributed by atoms with Crippen LogP contribution in [0, 0.1) is 0 Å². The number of anilines is 1. The van der Waals surface area contributed by atoms with Gasteiger partial charge < -0.3 is 5.32 Å². The Kier molecular flexibility index (Phi) is 6.02. The summed E-state index contributed by atoms with van der Waals surface area (Å²) >= 11 is 5.84. The molecule has 0 saturated carbocycles. The van der Waals surface area contributed by atoms with Crippen LogP contribution in [0.1, 0.15) is 15.9 Å². The van der Waals surface area contributed by atoms with Crippen molar-refractivity contribution in [1.82, 2.24) is 5.32 Å². The van der Waals surface area contributed by atoms with Gasteiger partial charge in [-0.15, -0.1) is 0 Å². The van der Waals surface area contributed by atoms with E-state index in [9.17, 15) is 13.2 Å². The van der Waals surface area contributed by atoms with Gasteiger partial charge in [0.1, 0.15) is 0 Å². The van der Waals surface area contributed by atoms with Crippen molar-refractivity contribution in [2.75, 3.05) is 11.4 Å². The number of nitrogens with one attached hydrogen (secondary N) is 1. The smallest absolute Gasteiger partial charge is 0.264 e. The van der Waals surface area contributed by atoms with Crippen LogP contribution >= 0.6 is 11.6 Å². The molecule has 0 spiro atoms. The molecule has 144 valence electrons. The molecular weight excluding hydrogens is 396 g/mol. The first-order valence-electron chi connectivity index (χ1n) is 8.54.